The smallest absolute Gasteiger partial charge is 0.258 e. The number of benzene rings is 1. The van der Waals surface area contributed by atoms with E-state index < -0.39 is 22.2 Å². The SMILES string of the molecule is Bc1c([N+](=O)[O-])cc(F)c(F)c1B. The highest BCUT2D eigenvalue weighted by Gasteiger charge is 2.18. The van der Waals surface area contributed by atoms with Crippen LogP contribution in [0.3, 0.4) is 0 Å². The van der Waals surface area contributed by atoms with Gasteiger partial charge in [0.05, 0.1) is 11.0 Å². The van der Waals surface area contributed by atoms with Crippen molar-refractivity contribution in [2.45, 2.75) is 0 Å². The second-order valence-corrected chi connectivity index (χ2v) is 2.70. The van der Waals surface area contributed by atoms with E-state index >= 15 is 0 Å². The van der Waals surface area contributed by atoms with Crippen LogP contribution in [0.5, 0.6) is 0 Å². The van der Waals surface area contributed by atoms with Gasteiger partial charge in [-0.3, -0.25) is 10.1 Å². The summed E-state index contributed by atoms with van der Waals surface area (Å²) >= 11 is 0. The Balaban J connectivity index is 3.50. The number of nitro benzene ring substituents is 1. The van der Waals surface area contributed by atoms with Crippen LogP contribution in [-0.4, -0.2) is 20.6 Å². The first-order valence-corrected chi connectivity index (χ1v) is 3.54. The Bertz CT molecular complexity index is 383. The summed E-state index contributed by atoms with van der Waals surface area (Å²) in [5.74, 6) is -2.21. The number of hydrogen-bond acceptors (Lipinski definition) is 2. The van der Waals surface area contributed by atoms with Gasteiger partial charge in [-0.1, -0.05) is 5.46 Å². The summed E-state index contributed by atoms with van der Waals surface area (Å²) in [6.45, 7) is 0. The van der Waals surface area contributed by atoms with Crippen LogP contribution in [0.4, 0.5) is 14.5 Å². The number of nitrogens with zero attached hydrogens (tertiary/aromatic N) is 1. The Kier molecular flexibility index (Phi) is 2.36. The molecule has 0 aliphatic carbocycles. The molecule has 0 unspecified atom stereocenters. The maximum Gasteiger partial charge on any atom is 0.265 e. The summed E-state index contributed by atoms with van der Waals surface area (Å²) in [6, 6.07) is 0.595. The van der Waals surface area contributed by atoms with Crippen molar-refractivity contribution in [3.8, 4) is 0 Å². The van der Waals surface area contributed by atoms with Gasteiger partial charge in [0.15, 0.2) is 11.6 Å². The predicted octanol–water partition coefficient (Wildman–Crippen LogP) is -1.61. The first-order valence-electron chi connectivity index (χ1n) is 3.54. The first kappa shape index (κ1) is 9.70. The van der Waals surface area contributed by atoms with Gasteiger partial charge in [-0.05, 0) is 5.46 Å². The van der Waals surface area contributed by atoms with Gasteiger partial charge in [-0.2, -0.15) is 0 Å². The number of hydrogen-bond donors (Lipinski definition) is 0. The van der Waals surface area contributed by atoms with Gasteiger partial charge in [-0.25, -0.2) is 8.78 Å². The lowest BCUT2D eigenvalue weighted by molar-refractivity contribution is -0.383. The Morgan fingerprint density at radius 3 is 2.31 bits per heavy atom. The molecule has 1 rings (SSSR count). The highest BCUT2D eigenvalue weighted by molar-refractivity contribution is 6.50. The molecular weight excluding hydrogens is 178 g/mol. The van der Waals surface area contributed by atoms with Gasteiger partial charge in [0, 0.05) is 0 Å². The molecule has 0 radical (unpaired) electrons. The van der Waals surface area contributed by atoms with Crippen LogP contribution in [0.2, 0.25) is 0 Å². The van der Waals surface area contributed by atoms with Crippen LogP contribution in [0.15, 0.2) is 6.07 Å². The molecular formula is C6H5B2F2NO2. The maximum atomic E-state index is 12.8. The molecule has 0 atom stereocenters. The quantitative estimate of drug-likeness (QED) is 0.298. The van der Waals surface area contributed by atoms with Crippen molar-refractivity contribution in [2.24, 2.45) is 0 Å². The van der Waals surface area contributed by atoms with Crippen LogP contribution in [0.1, 0.15) is 0 Å². The third-order valence-corrected chi connectivity index (χ3v) is 1.95. The lowest BCUT2D eigenvalue weighted by Crippen LogP contribution is -2.32. The fraction of sp³-hybridized carbons (Fsp3) is 0. The normalized spacial score (nSPS) is 10.0. The van der Waals surface area contributed by atoms with E-state index in [1.54, 1.807) is 0 Å². The molecule has 0 amide bonds. The molecule has 0 spiro atoms. The molecule has 66 valence electrons. The minimum atomic E-state index is -1.19. The van der Waals surface area contributed by atoms with Crippen molar-refractivity contribution in [3.63, 3.8) is 0 Å². The number of nitro groups is 1. The van der Waals surface area contributed by atoms with Gasteiger partial charge in [0.2, 0.25) is 0 Å². The van der Waals surface area contributed by atoms with Crippen LogP contribution in [0, 0.1) is 21.7 Å². The average molecular weight is 183 g/mol. The monoisotopic (exact) mass is 183 g/mol. The average Bonchev–Trinajstić information content (AvgIpc) is 2.07. The minimum absolute atomic E-state index is 0.0216. The van der Waals surface area contributed by atoms with E-state index in [2.05, 4.69) is 0 Å². The predicted molar refractivity (Wildman–Crippen MR) is 49.4 cm³/mol. The topological polar surface area (TPSA) is 43.1 Å². The van der Waals surface area contributed by atoms with Gasteiger partial charge < -0.3 is 0 Å². The standard InChI is InChI=1S/C6H5B2F2NO2/c7-4-3(11(12)13)1-2(9)6(10)5(4)8/h1H,7-8H2. The Hall–Kier alpha value is -1.39. The van der Waals surface area contributed by atoms with Gasteiger partial charge in [0.25, 0.3) is 5.69 Å². The zero-order valence-corrected chi connectivity index (χ0v) is 7.10. The van der Waals surface area contributed by atoms with Crippen LogP contribution >= 0.6 is 0 Å². The molecule has 7 heteroatoms. The fourth-order valence-corrected chi connectivity index (χ4v) is 1.02. The first-order chi connectivity index (χ1) is 5.95. The van der Waals surface area contributed by atoms with Gasteiger partial charge in [0.1, 0.15) is 15.7 Å². The van der Waals surface area contributed by atoms with E-state index in [0.29, 0.717) is 6.07 Å². The molecule has 3 nitrogen and oxygen atoms in total. The van der Waals surface area contributed by atoms with Crippen molar-refractivity contribution in [1.29, 1.82) is 0 Å². The molecule has 0 heterocycles. The van der Waals surface area contributed by atoms with E-state index in [0.717, 1.165) is 0 Å². The summed E-state index contributed by atoms with van der Waals surface area (Å²) in [5, 5.41) is 10.4. The van der Waals surface area contributed by atoms with E-state index in [9.17, 15) is 18.9 Å². The zero-order valence-electron chi connectivity index (χ0n) is 7.10. The highest BCUT2D eigenvalue weighted by atomic mass is 19.2. The summed E-state index contributed by atoms with van der Waals surface area (Å²) < 4.78 is 25.5. The molecule has 0 saturated carbocycles. The molecule has 1 aromatic carbocycles. The van der Waals surface area contributed by atoms with Crippen molar-refractivity contribution < 1.29 is 13.7 Å². The Morgan fingerprint density at radius 1 is 1.31 bits per heavy atom. The summed E-state index contributed by atoms with van der Waals surface area (Å²) in [4.78, 5) is 9.62. The number of halogens is 2. The Morgan fingerprint density at radius 2 is 1.85 bits per heavy atom. The maximum absolute atomic E-state index is 12.8. The van der Waals surface area contributed by atoms with Gasteiger partial charge in [-0.15, -0.1) is 0 Å². The highest BCUT2D eigenvalue weighted by Crippen LogP contribution is 2.10. The third-order valence-electron chi connectivity index (χ3n) is 1.95. The van der Waals surface area contributed by atoms with Gasteiger partial charge >= 0.3 is 0 Å². The third kappa shape index (κ3) is 1.54. The molecule has 0 aliphatic rings. The van der Waals surface area contributed by atoms with Crippen molar-refractivity contribution in [3.05, 3.63) is 27.8 Å². The molecule has 0 saturated heterocycles. The van der Waals surface area contributed by atoms with Crippen LogP contribution in [0.25, 0.3) is 0 Å². The van der Waals surface area contributed by atoms with Crippen LogP contribution in [-0.2, 0) is 0 Å². The van der Waals surface area contributed by atoms with E-state index in [1.807, 2.05) is 0 Å². The lowest BCUT2D eigenvalue weighted by Gasteiger charge is -2.03. The van der Waals surface area contributed by atoms with Crippen molar-refractivity contribution in [2.75, 3.05) is 0 Å². The molecule has 0 fully saturated rings. The van der Waals surface area contributed by atoms with E-state index in [4.69, 9.17) is 0 Å². The molecule has 0 aromatic heterocycles. The fourth-order valence-electron chi connectivity index (χ4n) is 1.02. The second-order valence-electron chi connectivity index (χ2n) is 2.70. The molecule has 0 bridgehead atoms. The number of rotatable bonds is 1. The molecule has 0 aliphatic heterocycles. The van der Waals surface area contributed by atoms with E-state index in [1.165, 1.54) is 15.7 Å². The summed E-state index contributed by atoms with van der Waals surface area (Å²) in [6.07, 6.45) is 0. The van der Waals surface area contributed by atoms with Crippen molar-refractivity contribution in [1.82, 2.24) is 0 Å². The molecule has 1 aromatic rings. The zero-order chi connectivity index (χ0) is 10.2. The summed E-state index contributed by atoms with van der Waals surface area (Å²) in [5.41, 5.74) is -0.257. The Labute approximate surface area is 74.7 Å². The minimum Gasteiger partial charge on any atom is -0.258 e. The van der Waals surface area contributed by atoms with E-state index in [-0.39, 0.29) is 10.9 Å². The van der Waals surface area contributed by atoms with Crippen molar-refractivity contribution >= 4 is 32.3 Å². The van der Waals surface area contributed by atoms with Crippen LogP contribution < -0.4 is 10.9 Å². The summed E-state index contributed by atoms with van der Waals surface area (Å²) in [7, 11) is 2.69. The molecule has 13 heavy (non-hydrogen) atoms. The second kappa shape index (κ2) is 3.16. The largest absolute Gasteiger partial charge is 0.265 e. The lowest BCUT2D eigenvalue weighted by atomic mass is 9.79. The molecule has 0 N–H and O–H groups in total.